The van der Waals surface area contributed by atoms with E-state index in [0.717, 1.165) is 18.5 Å². The van der Waals surface area contributed by atoms with Gasteiger partial charge in [0, 0.05) is 30.6 Å². The fourth-order valence-electron chi connectivity index (χ4n) is 2.22. The molecule has 0 unspecified atom stereocenters. The number of aliphatic hydroxyl groups excluding tert-OH is 1. The second-order valence-corrected chi connectivity index (χ2v) is 5.37. The van der Waals surface area contributed by atoms with Gasteiger partial charge in [-0.1, -0.05) is 18.2 Å². The van der Waals surface area contributed by atoms with Crippen LogP contribution in [0.2, 0.25) is 0 Å². The van der Waals surface area contributed by atoms with Gasteiger partial charge in [0.25, 0.3) is 0 Å². The topological polar surface area (TPSA) is 70.1 Å². The molecule has 0 spiro atoms. The van der Waals surface area contributed by atoms with Crippen LogP contribution in [0.3, 0.4) is 0 Å². The van der Waals surface area contributed by atoms with Crippen molar-refractivity contribution >= 4 is 11.8 Å². The molecular weight excluding hydrogens is 283 g/mol. The Morgan fingerprint density at radius 3 is 2.73 bits per heavy atom. The third-order valence-corrected chi connectivity index (χ3v) is 3.55. The van der Waals surface area contributed by atoms with Gasteiger partial charge in [-0.05, 0) is 18.9 Å². The summed E-state index contributed by atoms with van der Waals surface area (Å²) in [5.41, 5.74) is 1.59. The van der Waals surface area contributed by atoms with Gasteiger partial charge in [-0.25, -0.2) is 9.37 Å². The number of hydrogen-bond donors (Lipinski definition) is 3. The Morgan fingerprint density at radius 1 is 1.18 bits per heavy atom. The number of anilines is 2. The van der Waals surface area contributed by atoms with E-state index in [0.29, 0.717) is 36.3 Å². The van der Waals surface area contributed by atoms with Crippen LogP contribution in [0.25, 0.3) is 0 Å². The average Bonchev–Trinajstić information content (AvgIpc) is 3.37. The molecule has 1 aliphatic carbocycles. The number of aliphatic hydroxyl groups is 1. The Bertz CT molecular complexity index is 646. The Kier molecular flexibility index (Phi) is 4.48. The Hall–Kier alpha value is -2.21. The first-order chi connectivity index (χ1) is 10.8. The van der Waals surface area contributed by atoms with Crippen molar-refractivity contribution in [3.05, 3.63) is 47.4 Å². The van der Waals surface area contributed by atoms with E-state index in [-0.39, 0.29) is 12.4 Å². The van der Waals surface area contributed by atoms with Crippen LogP contribution in [0.5, 0.6) is 0 Å². The van der Waals surface area contributed by atoms with E-state index in [1.165, 1.54) is 6.07 Å². The third kappa shape index (κ3) is 3.71. The lowest BCUT2D eigenvalue weighted by Crippen LogP contribution is -2.11. The smallest absolute Gasteiger partial charge is 0.224 e. The van der Waals surface area contributed by atoms with Crippen LogP contribution in [0, 0.1) is 5.82 Å². The number of hydrogen-bond acceptors (Lipinski definition) is 5. The van der Waals surface area contributed by atoms with Gasteiger partial charge in [-0.2, -0.15) is 4.98 Å². The summed E-state index contributed by atoms with van der Waals surface area (Å²) in [4.78, 5) is 8.82. The Labute approximate surface area is 128 Å². The predicted octanol–water partition coefficient (Wildman–Crippen LogP) is 2.51. The van der Waals surface area contributed by atoms with Crippen molar-refractivity contribution in [3.63, 3.8) is 0 Å². The summed E-state index contributed by atoms with van der Waals surface area (Å²) in [5.74, 6) is 1.42. The lowest BCUT2D eigenvalue weighted by molar-refractivity contribution is 0.311. The Balaban J connectivity index is 1.74. The third-order valence-electron chi connectivity index (χ3n) is 3.55. The fourth-order valence-corrected chi connectivity index (χ4v) is 2.22. The number of rotatable bonds is 7. The van der Waals surface area contributed by atoms with Gasteiger partial charge in [0.1, 0.15) is 11.6 Å². The number of nitrogens with one attached hydrogen (secondary N) is 2. The first-order valence-corrected chi connectivity index (χ1v) is 7.47. The Morgan fingerprint density at radius 2 is 2.00 bits per heavy atom. The molecule has 5 nitrogen and oxygen atoms in total. The molecule has 1 aliphatic rings. The summed E-state index contributed by atoms with van der Waals surface area (Å²) in [6, 6.07) is 8.59. The zero-order chi connectivity index (χ0) is 15.4. The van der Waals surface area contributed by atoms with E-state index >= 15 is 0 Å². The highest BCUT2D eigenvalue weighted by Crippen LogP contribution is 2.39. The fraction of sp³-hybridized carbons (Fsp3) is 0.375. The number of nitrogens with zero attached hydrogens (tertiary/aromatic N) is 2. The molecular formula is C16H19FN4O. The van der Waals surface area contributed by atoms with Crippen LogP contribution in [-0.4, -0.2) is 28.2 Å². The molecule has 0 aliphatic heterocycles. The number of benzene rings is 1. The molecule has 116 valence electrons. The molecule has 0 saturated heterocycles. The maximum absolute atomic E-state index is 13.6. The van der Waals surface area contributed by atoms with Crippen LogP contribution in [-0.2, 0) is 6.54 Å². The van der Waals surface area contributed by atoms with E-state index in [1.807, 2.05) is 12.1 Å². The van der Waals surface area contributed by atoms with Gasteiger partial charge in [0.05, 0.1) is 12.3 Å². The molecule has 0 atom stereocenters. The summed E-state index contributed by atoms with van der Waals surface area (Å²) in [7, 11) is 0. The highest BCUT2D eigenvalue weighted by Gasteiger charge is 2.26. The van der Waals surface area contributed by atoms with Gasteiger partial charge in [0.2, 0.25) is 5.95 Å². The predicted molar refractivity (Wildman–Crippen MR) is 83.3 cm³/mol. The molecule has 6 heteroatoms. The molecule has 0 amide bonds. The van der Waals surface area contributed by atoms with Crippen LogP contribution in [0.4, 0.5) is 16.2 Å². The monoisotopic (exact) mass is 302 g/mol. The summed E-state index contributed by atoms with van der Waals surface area (Å²) >= 11 is 0. The first-order valence-electron chi connectivity index (χ1n) is 7.47. The molecule has 1 aromatic carbocycles. The molecule has 1 saturated carbocycles. The van der Waals surface area contributed by atoms with E-state index in [9.17, 15) is 4.39 Å². The van der Waals surface area contributed by atoms with Crippen molar-refractivity contribution in [1.29, 1.82) is 0 Å². The summed E-state index contributed by atoms with van der Waals surface area (Å²) in [6.45, 7) is 0.795. The molecule has 2 aromatic rings. The number of aromatic nitrogens is 2. The summed E-state index contributed by atoms with van der Waals surface area (Å²) < 4.78 is 13.6. The maximum atomic E-state index is 13.6. The minimum Gasteiger partial charge on any atom is -0.395 e. The summed E-state index contributed by atoms with van der Waals surface area (Å²) in [5, 5.41) is 15.0. The van der Waals surface area contributed by atoms with E-state index in [1.54, 1.807) is 12.1 Å². The minimum absolute atomic E-state index is 0.0228. The van der Waals surface area contributed by atoms with Crippen molar-refractivity contribution in [3.8, 4) is 0 Å². The standard InChI is InChI=1S/C16H19FN4O/c17-13-4-2-1-3-12(13)10-19-15-9-14(11-5-6-11)20-16(21-15)18-7-8-22/h1-4,9,11,22H,5-8,10H2,(H2,18,19,20,21). The van der Waals surface area contributed by atoms with Gasteiger partial charge in [0.15, 0.2) is 0 Å². The van der Waals surface area contributed by atoms with E-state index < -0.39 is 0 Å². The second-order valence-electron chi connectivity index (χ2n) is 5.37. The minimum atomic E-state index is -0.231. The second kappa shape index (κ2) is 6.70. The molecule has 22 heavy (non-hydrogen) atoms. The number of halogens is 1. The summed E-state index contributed by atoms with van der Waals surface area (Å²) in [6.07, 6.45) is 2.28. The average molecular weight is 302 g/mol. The molecule has 1 aromatic heterocycles. The molecule has 3 N–H and O–H groups in total. The molecule has 0 radical (unpaired) electrons. The molecule has 1 fully saturated rings. The van der Waals surface area contributed by atoms with Crippen molar-refractivity contribution in [2.75, 3.05) is 23.8 Å². The van der Waals surface area contributed by atoms with Crippen molar-refractivity contribution in [1.82, 2.24) is 9.97 Å². The maximum Gasteiger partial charge on any atom is 0.224 e. The van der Waals surface area contributed by atoms with Crippen LogP contribution >= 0.6 is 0 Å². The van der Waals surface area contributed by atoms with Gasteiger partial charge in [-0.15, -0.1) is 0 Å². The zero-order valence-corrected chi connectivity index (χ0v) is 12.2. The van der Waals surface area contributed by atoms with Crippen LogP contribution < -0.4 is 10.6 Å². The lowest BCUT2D eigenvalue weighted by atomic mass is 10.2. The lowest BCUT2D eigenvalue weighted by Gasteiger charge is -2.11. The van der Waals surface area contributed by atoms with Crippen molar-refractivity contribution in [2.24, 2.45) is 0 Å². The molecule has 1 heterocycles. The molecule has 0 bridgehead atoms. The highest BCUT2D eigenvalue weighted by atomic mass is 19.1. The van der Waals surface area contributed by atoms with Crippen molar-refractivity contribution in [2.45, 2.75) is 25.3 Å². The van der Waals surface area contributed by atoms with Gasteiger partial charge >= 0.3 is 0 Å². The van der Waals surface area contributed by atoms with Gasteiger partial charge in [-0.3, -0.25) is 0 Å². The zero-order valence-electron chi connectivity index (χ0n) is 12.2. The van der Waals surface area contributed by atoms with E-state index in [4.69, 9.17) is 5.11 Å². The van der Waals surface area contributed by atoms with Gasteiger partial charge < -0.3 is 15.7 Å². The molecule has 3 rings (SSSR count). The normalized spacial score (nSPS) is 13.9. The van der Waals surface area contributed by atoms with Crippen LogP contribution in [0.15, 0.2) is 30.3 Å². The van der Waals surface area contributed by atoms with Crippen molar-refractivity contribution < 1.29 is 9.50 Å². The van der Waals surface area contributed by atoms with Crippen LogP contribution in [0.1, 0.15) is 30.0 Å². The quantitative estimate of drug-likeness (QED) is 0.733. The first kappa shape index (κ1) is 14.7. The van der Waals surface area contributed by atoms with E-state index in [2.05, 4.69) is 20.6 Å². The largest absolute Gasteiger partial charge is 0.395 e. The SMILES string of the molecule is OCCNc1nc(NCc2ccccc2F)cc(C2CC2)n1. The highest BCUT2D eigenvalue weighted by molar-refractivity contribution is 5.44.